The summed E-state index contributed by atoms with van der Waals surface area (Å²) >= 11 is 1.70. The lowest BCUT2D eigenvalue weighted by molar-refractivity contribution is -0.899. The zero-order chi connectivity index (χ0) is 20.9. The Morgan fingerprint density at radius 3 is 2.35 bits per heavy atom. The minimum Gasteiger partial charge on any atom is -0.337 e. The summed E-state index contributed by atoms with van der Waals surface area (Å²) in [5.41, 5.74) is 2.19. The van der Waals surface area contributed by atoms with Gasteiger partial charge in [-0.1, -0.05) is 42.5 Å². The molecule has 4 aliphatic rings. The Morgan fingerprint density at radius 2 is 1.68 bits per heavy atom. The number of amides is 2. The molecule has 2 bridgehead atoms. The van der Waals surface area contributed by atoms with Gasteiger partial charge in [-0.2, -0.15) is 0 Å². The third-order valence-corrected chi connectivity index (χ3v) is 8.45. The fraction of sp³-hybridized carbons (Fsp3) is 0.458. The van der Waals surface area contributed by atoms with Crippen molar-refractivity contribution in [3.63, 3.8) is 0 Å². The Morgan fingerprint density at radius 1 is 1.00 bits per heavy atom. The van der Waals surface area contributed by atoms with Crippen molar-refractivity contribution < 1.29 is 14.5 Å². The maximum absolute atomic E-state index is 12.9. The maximum atomic E-state index is 12.9. The minimum absolute atomic E-state index is 0.0712. The van der Waals surface area contributed by atoms with Crippen LogP contribution < -0.4 is 9.80 Å². The van der Waals surface area contributed by atoms with Gasteiger partial charge >= 0.3 is 0 Å². The van der Waals surface area contributed by atoms with Gasteiger partial charge in [-0.05, 0) is 18.3 Å². The van der Waals surface area contributed by atoms with Crippen LogP contribution in [0, 0.1) is 23.7 Å². The number of fused-ring (bicyclic) bond motifs is 5. The molecule has 3 fully saturated rings. The van der Waals surface area contributed by atoms with E-state index in [1.54, 1.807) is 16.2 Å². The molecular weight excluding hydrogens is 408 g/mol. The van der Waals surface area contributed by atoms with Crippen LogP contribution in [-0.2, 0) is 9.59 Å². The van der Waals surface area contributed by atoms with Crippen LogP contribution in [-0.4, -0.2) is 61.0 Å². The highest BCUT2D eigenvalue weighted by atomic mass is 32.1. The molecule has 2 amide bonds. The van der Waals surface area contributed by atoms with E-state index < -0.39 is 0 Å². The maximum Gasteiger partial charge on any atom is 0.233 e. The van der Waals surface area contributed by atoms with E-state index in [0.717, 1.165) is 55.5 Å². The first-order valence-corrected chi connectivity index (χ1v) is 12.2. The van der Waals surface area contributed by atoms with Gasteiger partial charge in [-0.15, -0.1) is 11.3 Å². The minimum atomic E-state index is -0.0712. The molecule has 160 valence electrons. The fourth-order valence-corrected chi connectivity index (χ4v) is 6.76. The summed E-state index contributed by atoms with van der Waals surface area (Å²) in [5.74, 6) is 0.621. The Hall–Kier alpha value is -2.51. The van der Waals surface area contributed by atoms with Crippen molar-refractivity contribution >= 4 is 28.3 Å². The standard InChI is InChI=1S/C24H26N4O2S/c29-22-20-17-6-7-18(14-17)21(20)23(30)28(22)13-10-26-8-11-27(12-9-26)24-25-19(15-31-24)16-4-2-1-3-5-16/h1-7,15,17-18,20-21H,8-14H2/p+1. The number of likely N-dealkylation sites (tertiary alicyclic amines) is 1. The lowest BCUT2D eigenvalue weighted by Gasteiger charge is -2.32. The number of nitrogens with one attached hydrogen (secondary N) is 1. The number of carbonyl (C=O) groups is 2. The van der Waals surface area contributed by atoms with Crippen molar-refractivity contribution in [3.8, 4) is 11.3 Å². The molecule has 2 aliphatic heterocycles. The molecule has 0 spiro atoms. The van der Waals surface area contributed by atoms with Crippen LogP contribution in [0.1, 0.15) is 6.42 Å². The number of carbonyl (C=O) groups excluding carboxylic acids is 2. The third kappa shape index (κ3) is 3.22. The normalized spacial score (nSPS) is 29.9. The number of hydrogen-bond donors (Lipinski definition) is 1. The largest absolute Gasteiger partial charge is 0.337 e. The molecule has 3 heterocycles. The number of rotatable bonds is 5. The Balaban J connectivity index is 1.03. The molecule has 6 rings (SSSR count). The van der Waals surface area contributed by atoms with Crippen molar-refractivity contribution in [2.24, 2.45) is 23.7 Å². The van der Waals surface area contributed by atoms with E-state index in [0.29, 0.717) is 18.4 Å². The zero-order valence-electron chi connectivity index (χ0n) is 17.4. The number of anilines is 1. The molecule has 1 N–H and O–H groups in total. The van der Waals surface area contributed by atoms with Crippen LogP contribution in [0.5, 0.6) is 0 Å². The monoisotopic (exact) mass is 435 g/mol. The van der Waals surface area contributed by atoms with Crippen LogP contribution in [0.4, 0.5) is 5.13 Å². The molecule has 31 heavy (non-hydrogen) atoms. The number of allylic oxidation sites excluding steroid dienone is 2. The summed E-state index contributed by atoms with van der Waals surface area (Å²) in [5, 5.41) is 3.21. The zero-order valence-corrected chi connectivity index (χ0v) is 18.3. The highest BCUT2D eigenvalue weighted by molar-refractivity contribution is 7.14. The van der Waals surface area contributed by atoms with E-state index in [-0.39, 0.29) is 23.7 Å². The Bertz CT molecular complexity index is 997. The Labute approximate surface area is 186 Å². The van der Waals surface area contributed by atoms with E-state index in [2.05, 4.69) is 34.6 Å². The lowest BCUT2D eigenvalue weighted by atomic mass is 9.85. The number of benzene rings is 1. The second-order valence-electron chi connectivity index (χ2n) is 9.20. The molecule has 1 aromatic heterocycles. The summed E-state index contributed by atoms with van der Waals surface area (Å²) in [4.78, 5) is 36.0. The summed E-state index contributed by atoms with van der Waals surface area (Å²) < 4.78 is 0. The van der Waals surface area contributed by atoms with E-state index in [9.17, 15) is 9.59 Å². The third-order valence-electron chi connectivity index (χ3n) is 7.55. The van der Waals surface area contributed by atoms with Crippen LogP contribution in [0.2, 0.25) is 0 Å². The first-order chi connectivity index (χ1) is 15.2. The molecule has 1 saturated carbocycles. The number of thiazole rings is 1. The molecule has 7 heteroatoms. The quantitative estimate of drug-likeness (QED) is 0.569. The average Bonchev–Trinajstić information content (AvgIpc) is 3.59. The predicted octanol–water partition coefficient (Wildman–Crippen LogP) is 1.32. The van der Waals surface area contributed by atoms with Gasteiger partial charge in [0.25, 0.3) is 0 Å². The summed E-state index contributed by atoms with van der Waals surface area (Å²) in [7, 11) is 0. The second-order valence-corrected chi connectivity index (χ2v) is 10.0. The van der Waals surface area contributed by atoms with Gasteiger partial charge in [0.05, 0.1) is 56.8 Å². The van der Waals surface area contributed by atoms with Gasteiger partial charge in [0, 0.05) is 10.9 Å². The van der Waals surface area contributed by atoms with Gasteiger partial charge in [0.15, 0.2) is 5.13 Å². The number of quaternary nitrogens is 1. The van der Waals surface area contributed by atoms with Crippen molar-refractivity contribution in [2.75, 3.05) is 44.2 Å². The van der Waals surface area contributed by atoms with Crippen molar-refractivity contribution in [2.45, 2.75) is 6.42 Å². The van der Waals surface area contributed by atoms with Crippen molar-refractivity contribution in [1.29, 1.82) is 0 Å². The molecular formula is C24H27N4O2S+. The lowest BCUT2D eigenvalue weighted by Crippen LogP contribution is -3.15. The topological polar surface area (TPSA) is 58.0 Å². The molecule has 2 aromatic rings. The second kappa shape index (κ2) is 7.57. The molecule has 6 nitrogen and oxygen atoms in total. The molecule has 4 atom stereocenters. The highest BCUT2D eigenvalue weighted by Gasteiger charge is 2.59. The molecule has 1 aromatic carbocycles. The van der Waals surface area contributed by atoms with Gasteiger partial charge < -0.3 is 9.80 Å². The summed E-state index contributed by atoms with van der Waals surface area (Å²) in [6.07, 6.45) is 5.32. The number of piperazine rings is 1. The summed E-state index contributed by atoms with van der Waals surface area (Å²) in [6, 6.07) is 10.3. The number of nitrogens with zero attached hydrogens (tertiary/aromatic N) is 3. The molecule has 4 unspecified atom stereocenters. The summed E-state index contributed by atoms with van der Waals surface area (Å²) in [6.45, 7) is 5.35. The van der Waals surface area contributed by atoms with Crippen LogP contribution in [0.3, 0.4) is 0 Å². The van der Waals surface area contributed by atoms with Crippen LogP contribution in [0.15, 0.2) is 47.9 Å². The Kier molecular flexibility index (Phi) is 4.69. The van der Waals surface area contributed by atoms with Gasteiger partial charge in [-0.25, -0.2) is 4.98 Å². The van der Waals surface area contributed by atoms with Crippen LogP contribution >= 0.6 is 11.3 Å². The highest BCUT2D eigenvalue weighted by Crippen LogP contribution is 2.52. The van der Waals surface area contributed by atoms with Crippen molar-refractivity contribution in [3.05, 3.63) is 47.9 Å². The number of imide groups is 1. The van der Waals surface area contributed by atoms with Gasteiger partial charge in [-0.3, -0.25) is 14.5 Å². The molecule has 2 saturated heterocycles. The number of hydrogen-bond acceptors (Lipinski definition) is 5. The van der Waals surface area contributed by atoms with Gasteiger partial charge in [0.1, 0.15) is 0 Å². The van der Waals surface area contributed by atoms with E-state index >= 15 is 0 Å². The average molecular weight is 436 g/mol. The van der Waals surface area contributed by atoms with E-state index in [4.69, 9.17) is 4.98 Å². The number of aromatic nitrogens is 1. The van der Waals surface area contributed by atoms with Crippen LogP contribution in [0.25, 0.3) is 11.3 Å². The van der Waals surface area contributed by atoms with E-state index in [1.807, 2.05) is 18.2 Å². The van der Waals surface area contributed by atoms with Crippen molar-refractivity contribution in [1.82, 2.24) is 9.88 Å². The molecule has 2 aliphatic carbocycles. The first-order valence-electron chi connectivity index (χ1n) is 11.3. The van der Waals surface area contributed by atoms with Gasteiger partial charge in [0.2, 0.25) is 11.8 Å². The smallest absolute Gasteiger partial charge is 0.233 e. The fourth-order valence-electron chi connectivity index (χ4n) is 5.87. The molecule has 0 radical (unpaired) electrons. The van der Waals surface area contributed by atoms with E-state index in [1.165, 1.54) is 4.90 Å². The SMILES string of the molecule is O=C1C2C3C=CC(C3)C2C(=O)N1CC[NH+]1CCN(c2nc(-c3ccccc3)cs2)CC1. The predicted molar refractivity (Wildman–Crippen MR) is 120 cm³/mol. The first kappa shape index (κ1) is 19.2.